The molecule has 1 unspecified atom stereocenters. The highest BCUT2D eigenvalue weighted by Crippen LogP contribution is 2.18. The summed E-state index contributed by atoms with van der Waals surface area (Å²) >= 11 is 0. The number of carbonyl (C=O) groups excluding carboxylic acids is 1. The zero-order valence-corrected chi connectivity index (χ0v) is 18.9. The Morgan fingerprint density at radius 3 is 2.59 bits per heavy atom. The Bertz CT molecular complexity index is 1410. The topological polar surface area (TPSA) is 86.3 Å². The lowest BCUT2D eigenvalue weighted by molar-refractivity contribution is 0.0940. The molecule has 34 heavy (non-hydrogen) atoms. The molecule has 0 aliphatic carbocycles. The Morgan fingerprint density at radius 1 is 1.09 bits per heavy atom. The quantitative estimate of drug-likeness (QED) is 0.398. The second-order valence-corrected chi connectivity index (χ2v) is 8.09. The van der Waals surface area contributed by atoms with Crippen molar-refractivity contribution < 1.29 is 9.53 Å². The zero-order valence-electron chi connectivity index (χ0n) is 18.9. The van der Waals surface area contributed by atoms with Gasteiger partial charge in [-0.15, -0.1) is 0 Å². The first-order valence-corrected chi connectivity index (χ1v) is 11.0. The first-order chi connectivity index (χ1) is 16.6. The van der Waals surface area contributed by atoms with Crippen LogP contribution in [0, 0.1) is 6.92 Å². The summed E-state index contributed by atoms with van der Waals surface area (Å²) in [4.78, 5) is 21.3. The summed E-state index contributed by atoms with van der Waals surface area (Å²) in [7, 11) is 0. The maximum Gasteiger partial charge on any atom is 0.251 e. The van der Waals surface area contributed by atoms with E-state index in [9.17, 15) is 4.79 Å². The number of rotatable bonds is 7. The van der Waals surface area contributed by atoms with E-state index in [4.69, 9.17) is 4.74 Å². The highest BCUT2D eigenvalue weighted by Gasteiger charge is 2.12. The van der Waals surface area contributed by atoms with E-state index >= 15 is 0 Å². The number of fused-ring (bicyclic) bond motifs is 1. The lowest BCUT2D eigenvalue weighted by Gasteiger charge is -2.15. The van der Waals surface area contributed by atoms with Crippen LogP contribution in [0.3, 0.4) is 0 Å². The van der Waals surface area contributed by atoms with Crippen molar-refractivity contribution >= 4 is 11.6 Å². The summed E-state index contributed by atoms with van der Waals surface area (Å²) in [6.45, 7) is 4.34. The van der Waals surface area contributed by atoms with E-state index in [2.05, 4.69) is 20.4 Å². The number of pyridine rings is 1. The average molecular weight is 453 g/mol. The SMILES string of the molecule is Cc1cccn2cc(COc3ccc(C(=O)NC(C)c4ccc(-n5cncn5)cc4)cc3)nc12. The summed E-state index contributed by atoms with van der Waals surface area (Å²) < 4.78 is 9.55. The van der Waals surface area contributed by atoms with E-state index < -0.39 is 0 Å². The van der Waals surface area contributed by atoms with E-state index in [1.807, 2.05) is 67.0 Å². The van der Waals surface area contributed by atoms with Crippen molar-refractivity contribution in [1.82, 2.24) is 29.5 Å². The number of aryl methyl sites for hydroxylation is 1. The molecule has 2 aromatic carbocycles. The van der Waals surface area contributed by atoms with E-state index in [1.54, 1.807) is 35.3 Å². The predicted molar refractivity (Wildman–Crippen MR) is 128 cm³/mol. The van der Waals surface area contributed by atoms with Crippen molar-refractivity contribution in [3.8, 4) is 11.4 Å². The fourth-order valence-corrected chi connectivity index (χ4v) is 3.75. The maximum atomic E-state index is 12.7. The Balaban J connectivity index is 1.18. The van der Waals surface area contributed by atoms with E-state index in [0.717, 1.165) is 28.2 Å². The van der Waals surface area contributed by atoms with Gasteiger partial charge in [-0.05, 0) is 67.4 Å². The van der Waals surface area contributed by atoms with Crippen LogP contribution in [-0.2, 0) is 6.61 Å². The molecular weight excluding hydrogens is 428 g/mol. The van der Waals surface area contributed by atoms with Gasteiger partial charge in [0.05, 0.1) is 17.4 Å². The molecule has 1 atom stereocenters. The molecule has 3 heterocycles. The molecule has 170 valence electrons. The van der Waals surface area contributed by atoms with Crippen LogP contribution in [-0.4, -0.2) is 30.1 Å². The Labute approximate surface area is 196 Å². The van der Waals surface area contributed by atoms with Gasteiger partial charge in [-0.2, -0.15) is 5.10 Å². The predicted octanol–water partition coefficient (Wildman–Crippen LogP) is 4.29. The van der Waals surface area contributed by atoms with Crippen molar-refractivity contribution in [2.45, 2.75) is 26.5 Å². The summed E-state index contributed by atoms with van der Waals surface area (Å²) in [5.74, 6) is 0.539. The van der Waals surface area contributed by atoms with E-state index in [-0.39, 0.29) is 11.9 Å². The first kappa shape index (κ1) is 21.4. The van der Waals surface area contributed by atoms with Gasteiger partial charge in [0.15, 0.2) is 0 Å². The van der Waals surface area contributed by atoms with Gasteiger partial charge < -0.3 is 14.5 Å². The first-order valence-electron chi connectivity index (χ1n) is 11.0. The van der Waals surface area contributed by atoms with Crippen LogP contribution in [0.5, 0.6) is 5.75 Å². The Hall–Kier alpha value is -4.46. The molecule has 0 radical (unpaired) electrons. The number of imidazole rings is 1. The third kappa shape index (κ3) is 4.52. The number of nitrogens with zero attached hydrogens (tertiary/aromatic N) is 5. The van der Waals surface area contributed by atoms with Gasteiger partial charge in [-0.1, -0.05) is 18.2 Å². The summed E-state index contributed by atoms with van der Waals surface area (Å²) in [6, 6.07) is 18.8. The molecule has 3 aromatic heterocycles. The number of carbonyl (C=O) groups is 1. The van der Waals surface area contributed by atoms with Crippen molar-refractivity contribution in [2.75, 3.05) is 0 Å². The summed E-state index contributed by atoms with van der Waals surface area (Å²) in [5.41, 5.74) is 5.37. The molecule has 0 spiro atoms. The molecule has 8 heteroatoms. The minimum Gasteiger partial charge on any atom is -0.487 e. The lowest BCUT2D eigenvalue weighted by atomic mass is 10.1. The van der Waals surface area contributed by atoms with Gasteiger partial charge >= 0.3 is 0 Å². The summed E-state index contributed by atoms with van der Waals surface area (Å²) in [5, 5.41) is 7.16. The van der Waals surface area contributed by atoms with Crippen LogP contribution in [0.25, 0.3) is 11.3 Å². The number of amides is 1. The number of nitrogens with one attached hydrogen (secondary N) is 1. The van der Waals surface area contributed by atoms with E-state index in [0.29, 0.717) is 17.9 Å². The Kier molecular flexibility index (Phi) is 5.78. The third-order valence-electron chi connectivity index (χ3n) is 5.65. The summed E-state index contributed by atoms with van der Waals surface area (Å²) in [6.07, 6.45) is 7.07. The minimum absolute atomic E-state index is 0.143. The fourth-order valence-electron chi connectivity index (χ4n) is 3.75. The number of benzene rings is 2. The number of hydrogen-bond donors (Lipinski definition) is 1. The minimum atomic E-state index is -0.147. The van der Waals surface area contributed by atoms with Gasteiger partial charge in [-0.25, -0.2) is 14.6 Å². The fraction of sp³-hybridized carbons (Fsp3) is 0.154. The van der Waals surface area contributed by atoms with Crippen molar-refractivity contribution in [2.24, 2.45) is 0 Å². The van der Waals surface area contributed by atoms with Crippen LogP contribution in [0.2, 0.25) is 0 Å². The molecule has 0 aliphatic heterocycles. The van der Waals surface area contributed by atoms with Crippen LogP contribution < -0.4 is 10.1 Å². The van der Waals surface area contributed by atoms with Crippen LogP contribution >= 0.6 is 0 Å². The van der Waals surface area contributed by atoms with Crippen LogP contribution in [0.4, 0.5) is 0 Å². The van der Waals surface area contributed by atoms with Gasteiger partial charge in [0.1, 0.15) is 30.7 Å². The van der Waals surface area contributed by atoms with Gasteiger partial charge in [0, 0.05) is 18.0 Å². The molecule has 0 aliphatic rings. The molecular formula is C26H24N6O2. The lowest BCUT2D eigenvalue weighted by Crippen LogP contribution is -2.26. The second kappa shape index (κ2) is 9.19. The van der Waals surface area contributed by atoms with Crippen molar-refractivity contribution in [3.05, 3.63) is 108 Å². The monoisotopic (exact) mass is 452 g/mol. The molecule has 0 bridgehead atoms. The number of hydrogen-bond acceptors (Lipinski definition) is 5. The van der Waals surface area contributed by atoms with E-state index in [1.165, 1.54) is 6.33 Å². The van der Waals surface area contributed by atoms with Gasteiger partial charge in [0.25, 0.3) is 5.91 Å². The highest BCUT2D eigenvalue weighted by atomic mass is 16.5. The normalized spacial score (nSPS) is 11.9. The smallest absolute Gasteiger partial charge is 0.251 e. The largest absolute Gasteiger partial charge is 0.487 e. The zero-order chi connectivity index (χ0) is 23.5. The number of ether oxygens (including phenoxy) is 1. The Morgan fingerprint density at radius 2 is 1.88 bits per heavy atom. The van der Waals surface area contributed by atoms with Crippen LogP contribution in [0.1, 0.15) is 40.1 Å². The van der Waals surface area contributed by atoms with Crippen molar-refractivity contribution in [3.63, 3.8) is 0 Å². The highest BCUT2D eigenvalue weighted by molar-refractivity contribution is 5.94. The van der Waals surface area contributed by atoms with Crippen LogP contribution in [0.15, 0.2) is 85.7 Å². The molecule has 0 fully saturated rings. The standard InChI is InChI=1S/C26H24N6O2/c1-18-4-3-13-31-14-22(30-25(18)31)15-34-24-11-7-21(8-12-24)26(33)29-19(2)20-5-9-23(10-6-20)32-17-27-16-28-32/h3-14,16-17,19H,15H2,1-2H3,(H,29,33). The molecule has 5 aromatic rings. The molecule has 0 saturated carbocycles. The molecule has 5 rings (SSSR count). The van der Waals surface area contributed by atoms with Crippen molar-refractivity contribution in [1.29, 1.82) is 0 Å². The molecule has 1 amide bonds. The van der Waals surface area contributed by atoms with Gasteiger partial charge in [0.2, 0.25) is 0 Å². The second-order valence-electron chi connectivity index (χ2n) is 8.09. The molecule has 8 nitrogen and oxygen atoms in total. The molecule has 0 saturated heterocycles. The average Bonchev–Trinajstić information content (AvgIpc) is 3.54. The molecule has 1 N–H and O–H groups in total. The maximum absolute atomic E-state index is 12.7. The number of aromatic nitrogens is 5. The van der Waals surface area contributed by atoms with Gasteiger partial charge in [-0.3, -0.25) is 4.79 Å². The third-order valence-corrected chi connectivity index (χ3v) is 5.65.